The highest BCUT2D eigenvalue weighted by atomic mass is 16.5. The highest BCUT2D eigenvalue weighted by Crippen LogP contribution is 2.17. The molecule has 1 aliphatic heterocycles. The van der Waals surface area contributed by atoms with Gasteiger partial charge in [0, 0.05) is 31.5 Å². The van der Waals surface area contributed by atoms with Crippen molar-refractivity contribution < 1.29 is 14.3 Å². The summed E-state index contributed by atoms with van der Waals surface area (Å²) in [4.78, 5) is 16.6. The Morgan fingerprint density at radius 3 is 3.04 bits per heavy atom. The first-order chi connectivity index (χ1) is 12.8. The predicted molar refractivity (Wildman–Crippen MR) is 101 cm³/mol. The molecule has 6 nitrogen and oxygen atoms in total. The minimum Gasteiger partial charge on any atom is -0.496 e. The van der Waals surface area contributed by atoms with Crippen LogP contribution in [0.5, 0.6) is 5.75 Å². The van der Waals surface area contributed by atoms with Gasteiger partial charge in [0.05, 0.1) is 13.2 Å². The summed E-state index contributed by atoms with van der Waals surface area (Å²) in [5, 5.41) is 6.19. The number of benzene rings is 1. The number of rotatable bonds is 8. The van der Waals surface area contributed by atoms with Crippen LogP contribution in [0.25, 0.3) is 0 Å². The first-order valence-corrected chi connectivity index (χ1v) is 8.98. The van der Waals surface area contributed by atoms with Gasteiger partial charge in [-0.15, -0.1) is 0 Å². The van der Waals surface area contributed by atoms with Gasteiger partial charge in [0.25, 0.3) is 5.91 Å². The Kier molecular flexibility index (Phi) is 6.44. The minimum absolute atomic E-state index is 0.109. The van der Waals surface area contributed by atoms with Gasteiger partial charge in [-0.25, -0.2) is 4.98 Å². The third-order valence-corrected chi connectivity index (χ3v) is 4.43. The fourth-order valence-corrected chi connectivity index (χ4v) is 3.01. The highest BCUT2D eigenvalue weighted by molar-refractivity contribution is 5.94. The number of hydrogen-bond acceptors (Lipinski definition) is 5. The van der Waals surface area contributed by atoms with Crippen LogP contribution in [-0.4, -0.2) is 43.8 Å². The molecule has 1 saturated heterocycles. The van der Waals surface area contributed by atoms with Gasteiger partial charge in [-0.1, -0.05) is 18.2 Å². The normalized spacial score (nSPS) is 16.3. The molecule has 2 aromatic rings. The van der Waals surface area contributed by atoms with E-state index < -0.39 is 0 Å². The average molecular weight is 355 g/mol. The topological polar surface area (TPSA) is 72.5 Å². The van der Waals surface area contributed by atoms with Crippen LogP contribution in [0.3, 0.4) is 0 Å². The quantitative estimate of drug-likeness (QED) is 0.762. The Labute approximate surface area is 153 Å². The molecule has 1 fully saturated rings. The number of nitrogens with zero attached hydrogens (tertiary/aromatic N) is 1. The second-order valence-electron chi connectivity index (χ2n) is 6.26. The SMILES string of the molecule is COc1ccccc1CCNC(=O)c1ccnc(NCC2CCCO2)c1. The van der Waals surface area contributed by atoms with Gasteiger partial charge in [-0.2, -0.15) is 0 Å². The van der Waals surface area contributed by atoms with E-state index in [1.165, 1.54) is 0 Å². The summed E-state index contributed by atoms with van der Waals surface area (Å²) >= 11 is 0. The van der Waals surface area contributed by atoms with Crippen molar-refractivity contribution in [3.63, 3.8) is 0 Å². The van der Waals surface area contributed by atoms with Crippen LogP contribution in [0.15, 0.2) is 42.6 Å². The van der Waals surface area contributed by atoms with E-state index in [4.69, 9.17) is 9.47 Å². The molecule has 0 bridgehead atoms. The summed E-state index contributed by atoms with van der Waals surface area (Å²) in [7, 11) is 1.65. The lowest BCUT2D eigenvalue weighted by Crippen LogP contribution is -2.26. The number of nitrogens with one attached hydrogen (secondary N) is 2. The predicted octanol–water partition coefficient (Wildman–Crippen LogP) is 2.65. The Morgan fingerprint density at radius 2 is 2.23 bits per heavy atom. The van der Waals surface area contributed by atoms with Crippen LogP contribution < -0.4 is 15.4 Å². The molecule has 0 spiro atoms. The van der Waals surface area contributed by atoms with Gasteiger partial charge in [-0.3, -0.25) is 4.79 Å². The van der Waals surface area contributed by atoms with Crippen LogP contribution in [0.4, 0.5) is 5.82 Å². The van der Waals surface area contributed by atoms with Crippen LogP contribution >= 0.6 is 0 Å². The van der Waals surface area contributed by atoms with E-state index >= 15 is 0 Å². The molecule has 6 heteroatoms. The third-order valence-electron chi connectivity index (χ3n) is 4.43. The molecule has 2 heterocycles. The molecule has 1 amide bonds. The zero-order chi connectivity index (χ0) is 18.2. The molecule has 0 radical (unpaired) electrons. The number of ether oxygens (including phenoxy) is 2. The Morgan fingerprint density at radius 1 is 1.35 bits per heavy atom. The summed E-state index contributed by atoms with van der Waals surface area (Å²) in [6.45, 7) is 2.08. The fourth-order valence-electron chi connectivity index (χ4n) is 3.01. The van der Waals surface area contributed by atoms with Gasteiger partial charge in [0.1, 0.15) is 11.6 Å². The molecule has 0 aliphatic carbocycles. The summed E-state index contributed by atoms with van der Waals surface area (Å²) < 4.78 is 10.9. The van der Waals surface area contributed by atoms with Gasteiger partial charge >= 0.3 is 0 Å². The molecule has 1 aliphatic rings. The molecule has 2 N–H and O–H groups in total. The summed E-state index contributed by atoms with van der Waals surface area (Å²) in [5.74, 6) is 1.42. The van der Waals surface area contributed by atoms with Crippen LogP contribution in [0.2, 0.25) is 0 Å². The number of pyridine rings is 1. The monoisotopic (exact) mass is 355 g/mol. The molecule has 1 aromatic carbocycles. The average Bonchev–Trinajstić information content (AvgIpc) is 3.20. The van der Waals surface area contributed by atoms with Gasteiger partial charge in [0.2, 0.25) is 0 Å². The van der Waals surface area contributed by atoms with E-state index in [0.717, 1.165) is 30.8 Å². The summed E-state index contributed by atoms with van der Waals surface area (Å²) in [5.41, 5.74) is 1.67. The number of methoxy groups -OCH3 is 1. The molecule has 1 aromatic heterocycles. The van der Waals surface area contributed by atoms with Crippen molar-refractivity contribution in [2.45, 2.75) is 25.4 Å². The van der Waals surface area contributed by atoms with E-state index in [2.05, 4.69) is 15.6 Å². The molecule has 26 heavy (non-hydrogen) atoms. The zero-order valence-electron chi connectivity index (χ0n) is 15.0. The second kappa shape index (κ2) is 9.20. The maximum absolute atomic E-state index is 12.4. The van der Waals surface area contributed by atoms with Crippen molar-refractivity contribution in [3.8, 4) is 5.75 Å². The van der Waals surface area contributed by atoms with E-state index in [9.17, 15) is 4.79 Å². The number of carbonyl (C=O) groups is 1. The number of para-hydroxylation sites is 1. The third kappa shape index (κ3) is 4.95. The fraction of sp³-hybridized carbons (Fsp3) is 0.400. The van der Waals surface area contributed by atoms with Crippen molar-refractivity contribution in [1.82, 2.24) is 10.3 Å². The van der Waals surface area contributed by atoms with E-state index in [-0.39, 0.29) is 12.0 Å². The minimum atomic E-state index is -0.109. The zero-order valence-corrected chi connectivity index (χ0v) is 15.0. The van der Waals surface area contributed by atoms with Gasteiger partial charge in [0.15, 0.2) is 0 Å². The molecular weight excluding hydrogens is 330 g/mol. The molecule has 1 atom stereocenters. The van der Waals surface area contributed by atoms with E-state index in [1.54, 1.807) is 25.4 Å². The van der Waals surface area contributed by atoms with Gasteiger partial charge < -0.3 is 20.1 Å². The first-order valence-electron chi connectivity index (χ1n) is 8.98. The highest BCUT2D eigenvalue weighted by Gasteiger charge is 2.15. The standard InChI is InChI=1S/C20H25N3O3/c1-25-18-7-3-2-5-15(18)8-11-22-20(24)16-9-10-21-19(13-16)23-14-17-6-4-12-26-17/h2-3,5,7,9-10,13,17H,4,6,8,11-12,14H2,1H3,(H,21,23)(H,22,24). The largest absolute Gasteiger partial charge is 0.496 e. The maximum atomic E-state index is 12.4. The summed E-state index contributed by atoms with van der Waals surface area (Å²) in [6, 6.07) is 11.3. The number of anilines is 1. The molecular formula is C20H25N3O3. The van der Waals surface area contributed by atoms with Crippen LogP contribution in [-0.2, 0) is 11.2 Å². The Hall–Kier alpha value is -2.60. The van der Waals surface area contributed by atoms with Crippen LogP contribution in [0, 0.1) is 0 Å². The second-order valence-corrected chi connectivity index (χ2v) is 6.26. The summed E-state index contributed by atoms with van der Waals surface area (Å²) in [6.07, 6.45) is 4.76. The van der Waals surface area contributed by atoms with Crippen molar-refractivity contribution in [2.75, 3.05) is 32.1 Å². The Bertz CT molecular complexity index is 730. The molecule has 0 saturated carbocycles. The first kappa shape index (κ1) is 18.2. The van der Waals surface area contributed by atoms with Crippen molar-refractivity contribution >= 4 is 11.7 Å². The van der Waals surface area contributed by atoms with E-state index in [0.29, 0.717) is 30.9 Å². The van der Waals surface area contributed by atoms with Crippen molar-refractivity contribution in [2.24, 2.45) is 0 Å². The van der Waals surface area contributed by atoms with Crippen molar-refractivity contribution in [1.29, 1.82) is 0 Å². The number of amides is 1. The van der Waals surface area contributed by atoms with Gasteiger partial charge in [-0.05, 0) is 43.0 Å². The van der Waals surface area contributed by atoms with E-state index in [1.807, 2.05) is 24.3 Å². The maximum Gasteiger partial charge on any atom is 0.251 e. The lowest BCUT2D eigenvalue weighted by Gasteiger charge is -2.12. The Balaban J connectivity index is 1.50. The van der Waals surface area contributed by atoms with Crippen molar-refractivity contribution in [3.05, 3.63) is 53.7 Å². The molecule has 3 rings (SSSR count). The van der Waals surface area contributed by atoms with Crippen LogP contribution in [0.1, 0.15) is 28.8 Å². The number of aromatic nitrogens is 1. The lowest BCUT2D eigenvalue weighted by atomic mass is 10.1. The molecule has 1 unspecified atom stereocenters. The lowest BCUT2D eigenvalue weighted by molar-refractivity contribution is 0.0954. The number of hydrogen-bond donors (Lipinski definition) is 2. The number of carbonyl (C=O) groups excluding carboxylic acids is 1. The smallest absolute Gasteiger partial charge is 0.251 e. The molecule has 138 valence electrons.